The van der Waals surface area contributed by atoms with E-state index in [1.807, 2.05) is 6.07 Å². The van der Waals surface area contributed by atoms with Gasteiger partial charge in [-0.25, -0.2) is 0 Å². The second-order valence-corrected chi connectivity index (χ2v) is 4.74. The summed E-state index contributed by atoms with van der Waals surface area (Å²) in [6.07, 6.45) is 5.01. The summed E-state index contributed by atoms with van der Waals surface area (Å²) in [5.41, 5.74) is 9.31. The molecule has 2 N–H and O–H groups in total. The van der Waals surface area contributed by atoms with E-state index in [-0.39, 0.29) is 12.4 Å². The van der Waals surface area contributed by atoms with Crippen LogP contribution in [0.25, 0.3) is 0 Å². The zero-order valence-electron chi connectivity index (χ0n) is 11.9. The standard InChI is InChI=1S/C15H26N2.ClH/c1-4-6-10-17(11-7-5-2)15-9-8-14(16)12-13(15)3;/h8-9,12H,4-7,10-11,16H2,1-3H3;1H. The highest BCUT2D eigenvalue weighted by Gasteiger charge is 2.08. The Morgan fingerprint density at radius 2 is 1.61 bits per heavy atom. The summed E-state index contributed by atoms with van der Waals surface area (Å²) in [5, 5.41) is 0. The number of aryl methyl sites for hydroxylation is 1. The van der Waals surface area contributed by atoms with Gasteiger partial charge < -0.3 is 10.6 Å². The molecule has 1 aromatic rings. The predicted octanol–water partition coefficient (Wildman–Crippen LogP) is 4.41. The van der Waals surface area contributed by atoms with Crippen molar-refractivity contribution in [3.05, 3.63) is 23.8 Å². The predicted molar refractivity (Wildman–Crippen MR) is 84.9 cm³/mol. The third kappa shape index (κ3) is 5.18. The van der Waals surface area contributed by atoms with Crippen LogP contribution in [0.1, 0.15) is 45.1 Å². The van der Waals surface area contributed by atoms with Crippen molar-refractivity contribution < 1.29 is 0 Å². The minimum absolute atomic E-state index is 0. The average molecular weight is 271 g/mol. The maximum absolute atomic E-state index is 5.81. The van der Waals surface area contributed by atoms with E-state index in [2.05, 4.69) is 37.8 Å². The maximum Gasteiger partial charge on any atom is 0.0397 e. The summed E-state index contributed by atoms with van der Waals surface area (Å²) in [6.45, 7) is 8.95. The third-order valence-corrected chi connectivity index (χ3v) is 3.12. The topological polar surface area (TPSA) is 29.3 Å². The van der Waals surface area contributed by atoms with Gasteiger partial charge in [0.25, 0.3) is 0 Å². The summed E-state index contributed by atoms with van der Waals surface area (Å²) in [5.74, 6) is 0. The van der Waals surface area contributed by atoms with E-state index in [1.54, 1.807) is 0 Å². The molecule has 0 saturated heterocycles. The first kappa shape index (κ1) is 17.1. The van der Waals surface area contributed by atoms with Crippen LogP contribution in [-0.2, 0) is 0 Å². The van der Waals surface area contributed by atoms with Crippen molar-refractivity contribution >= 4 is 23.8 Å². The molecule has 3 heteroatoms. The molecule has 0 spiro atoms. The average Bonchev–Trinajstić information content (AvgIpc) is 2.30. The first-order valence-electron chi connectivity index (χ1n) is 6.80. The molecule has 0 radical (unpaired) electrons. The van der Waals surface area contributed by atoms with Crippen LogP contribution in [0.4, 0.5) is 11.4 Å². The molecule has 1 rings (SSSR count). The van der Waals surface area contributed by atoms with E-state index in [9.17, 15) is 0 Å². The minimum Gasteiger partial charge on any atom is -0.399 e. The van der Waals surface area contributed by atoms with Crippen molar-refractivity contribution in [3.63, 3.8) is 0 Å². The van der Waals surface area contributed by atoms with Gasteiger partial charge in [0.2, 0.25) is 0 Å². The lowest BCUT2D eigenvalue weighted by Crippen LogP contribution is -2.26. The van der Waals surface area contributed by atoms with Crippen molar-refractivity contribution in [1.82, 2.24) is 0 Å². The Morgan fingerprint density at radius 1 is 1.06 bits per heavy atom. The Kier molecular flexibility index (Phi) is 8.65. The minimum atomic E-state index is 0. The van der Waals surface area contributed by atoms with Crippen molar-refractivity contribution in [2.75, 3.05) is 23.7 Å². The van der Waals surface area contributed by atoms with Gasteiger partial charge in [-0.1, -0.05) is 26.7 Å². The first-order valence-corrected chi connectivity index (χ1v) is 6.80. The van der Waals surface area contributed by atoms with Gasteiger partial charge in [-0.3, -0.25) is 0 Å². The molecule has 0 amide bonds. The van der Waals surface area contributed by atoms with E-state index in [0.717, 1.165) is 18.8 Å². The number of nitrogen functional groups attached to an aromatic ring is 1. The van der Waals surface area contributed by atoms with Crippen LogP contribution in [0.3, 0.4) is 0 Å². The quantitative estimate of drug-likeness (QED) is 0.744. The molecule has 0 aliphatic heterocycles. The van der Waals surface area contributed by atoms with Crippen molar-refractivity contribution in [3.8, 4) is 0 Å². The highest BCUT2D eigenvalue weighted by molar-refractivity contribution is 5.85. The highest BCUT2D eigenvalue weighted by Crippen LogP contribution is 2.23. The first-order chi connectivity index (χ1) is 8.19. The molecular formula is C15H27ClN2. The number of rotatable bonds is 7. The Labute approximate surface area is 118 Å². The Bertz CT molecular complexity index is 331. The lowest BCUT2D eigenvalue weighted by Gasteiger charge is -2.26. The second-order valence-electron chi connectivity index (χ2n) is 4.74. The van der Waals surface area contributed by atoms with Crippen LogP contribution in [0.15, 0.2) is 18.2 Å². The van der Waals surface area contributed by atoms with Crippen LogP contribution in [0, 0.1) is 6.92 Å². The Hall–Kier alpha value is -0.890. The molecule has 104 valence electrons. The molecular weight excluding hydrogens is 244 g/mol. The van der Waals surface area contributed by atoms with Gasteiger partial charge in [0.15, 0.2) is 0 Å². The summed E-state index contributed by atoms with van der Waals surface area (Å²) in [6, 6.07) is 6.24. The van der Waals surface area contributed by atoms with Crippen molar-refractivity contribution in [1.29, 1.82) is 0 Å². The number of halogens is 1. The summed E-state index contributed by atoms with van der Waals surface area (Å²) < 4.78 is 0. The molecule has 0 aromatic heterocycles. The smallest absolute Gasteiger partial charge is 0.0397 e. The highest BCUT2D eigenvalue weighted by atomic mass is 35.5. The largest absolute Gasteiger partial charge is 0.399 e. The molecule has 0 aliphatic carbocycles. The lowest BCUT2D eigenvalue weighted by molar-refractivity contribution is 0.677. The van der Waals surface area contributed by atoms with Crippen LogP contribution in [0.5, 0.6) is 0 Å². The monoisotopic (exact) mass is 270 g/mol. The van der Waals surface area contributed by atoms with Gasteiger partial charge in [-0.2, -0.15) is 0 Å². The van der Waals surface area contributed by atoms with E-state index < -0.39 is 0 Å². The van der Waals surface area contributed by atoms with E-state index >= 15 is 0 Å². The normalized spacial score (nSPS) is 9.94. The van der Waals surface area contributed by atoms with E-state index in [0.29, 0.717) is 0 Å². The zero-order chi connectivity index (χ0) is 12.7. The third-order valence-electron chi connectivity index (χ3n) is 3.12. The summed E-state index contributed by atoms with van der Waals surface area (Å²) in [7, 11) is 0. The molecule has 0 fully saturated rings. The maximum atomic E-state index is 5.81. The summed E-state index contributed by atoms with van der Waals surface area (Å²) in [4.78, 5) is 2.50. The van der Waals surface area contributed by atoms with E-state index in [4.69, 9.17) is 5.73 Å². The van der Waals surface area contributed by atoms with Gasteiger partial charge >= 0.3 is 0 Å². The fourth-order valence-corrected chi connectivity index (χ4v) is 2.08. The molecule has 0 heterocycles. The van der Waals surface area contributed by atoms with Crippen molar-refractivity contribution in [2.45, 2.75) is 46.5 Å². The Morgan fingerprint density at radius 3 is 2.06 bits per heavy atom. The number of nitrogens with zero attached hydrogens (tertiary/aromatic N) is 1. The van der Waals surface area contributed by atoms with Crippen LogP contribution < -0.4 is 10.6 Å². The number of benzene rings is 1. The molecule has 2 nitrogen and oxygen atoms in total. The molecule has 0 bridgehead atoms. The van der Waals surface area contributed by atoms with Gasteiger partial charge in [0, 0.05) is 24.5 Å². The zero-order valence-corrected chi connectivity index (χ0v) is 12.7. The lowest BCUT2D eigenvalue weighted by atomic mass is 10.1. The van der Waals surface area contributed by atoms with Gasteiger partial charge in [0.1, 0.15) is 0 Å². The second kappa shape index (κ2) is 9.09. The number of hydrogen-bond acceptors (Lipinski definition) is 2. The fraction of sp³-hybridized carbons (Fsp3) is 0.600. The molecule has 1 aromatic carbocycles. The number of anilines is 2. The number of hydrogen-bond donors (Lipinski definition) is 1. The molecule has 0 aliphatic rings. The van der Waals surface area contributed by atoms with Crippen LogP contribution in [-0.4, -0.2) is 13.1 Å². The van der Waals surface area contributed by atoms with Gasteiger partial charge in [0.05, 0.1) is 0 Å². The van der Waals surface area contributed by atoms with E-state index in [1.165, 1.54) is 36.9 Å². The molecule has 0 saturated carbocycles. The molecule has 0 atom stereocenters. The number of unbranched alkanes of at least 4 members (excludes halogenated alkanes) is 2. The van der Waals surface area contributed by atoms with Gasteiger partial charge in [-0.15, -0.1) is 12.4 Å². The number of nitrogens with two attached hydrogens (primary N) is 1. The molecule has 0 unspecified atom stereocenters. The molecule has 18 heavy (non-hydrogen) atoms. The van der Waals surface area contributed by atoms with Crippen molar-refractivity contribution in [2.24, 2.45) is 0 Å². The SMILES string of the molecule is CCCCN(CCCC)c1ccc(N)cc1C.Cl. The van der Waals surface area contributed by atoms with Gasteiger partial charge in [-0.05, 0) is 43.5 Å². The Balaban J connectivity index is 0.00000289. The summed E-state index contributed by atoms with van der Waals surface area (Å²) >= 11 is 0. The van der Waals surface area contributed by atoms with Crippen LogP contribution in [0.2, 0.25) is 0 Å². The van der Waals surface area contributed by atoms with Crippen LogP contribution >= 0.6 is 12.4 Å². The fourth-order valence-electron chi connectivity index (χ4n) is 2.08.